The molecule has 1 aromatic carbocycles. The first kappa shape index (κ1) is 15.8. The molecule has 2 nitrogen and oxygen atoms in total. The summed E-state index contributed by atoms with van der Waals surface area (Å²) >= 11 is 24.3. The van der Waals surface area contributed by atoms with Crippen molar-refractivity contribution in [3.8, 4) is 17.2 Å². The highest BCUT2D eigenvalue weighted by atomic mass is 35.5. The van der Waals surface area contributed by atoms with Crippen LogP contribution in [0.2, 0.25) is 10.0 Å². The lowest BCUT2D eigenvalue weighted by Crippen LogP contribution is -1.89. The van der Waals surface area contributed by atoms with Gasteiger partial charge in [0, 0.05) is 11.1 Å². The van der Waals surface area contributed by atoms with E-state index in [0.29, 0.717) is 20.9 Å². The standard InChI is InChI=1S/C12H5Cl4FN2S/c13-8-3-1-2-7(10(8)14)9-6(4-18)5-19(17)11(9)20-12(15)16/h1-3,5,12H. The summed E-state index contributed by atoms with van der Waals surface area (Å²) in [7, 11) is 0. The Bertz CT molecular complexity index is 693. The van der Waals surface area contributed by atoms with E-state index in [1.807, 2.05) is 6.07 Å². The first-order valence-corrected chi connectivity index (χ1v) is 7.67. The van der Waals surface area contributed by atoms with Crippen LogP contribution in [0.4, 0.5) is 4.48 Å². The zero-order valence-electron chi connectivity index (χ0n) is 9.58. The summed E-state index contributed by atoms with van der Waals surface area (Å²) in [6.45, 7) is 0. The van der Waals surface area contributed by atoms with Crippen molar-refractivity contribution in [1.29, 1.82) is 5.26 Å². The average molecular weight is 370 g/mol. The maximum Gasteiger partial charge on any atom is 0.158 e. The van der Waals surface area contributed by atoms with E-state index in [4.69, 9.17) is 51.7 Å². The second-order valence-electron chi connectivity index (χ2n) is 3.63. The fourth-order valence-electron chi connectivity index (χ4n) is 1.69. The number of hydrogen-bond donors (Lipinski definition) is 0. The maximum atomic E-state index is 13.9. The van der Waals surface area contributed by atoms with E-state index >= 15 is 0 Å². The van der Waals surface area contributed by atoms with Gasteiger partial charge in [-0.25, -0.2) is 0 Å². The number of rotatable bonds is 3. The Morgan fingerprint density at radius 1 is 1.30 bits per heavy atom. The summed E-state index contributed by atoms with van der Waals surface area (Å²) in [6.07, 6.45) is 1.05. The third-order valence-corrected chi connectivity index (χ3v) is 4.60. The smallest absolute Gasteiger partial charge is 0.158 e. The highest BCUT2D eigenvalue weighted by Crippen LogP contribution is 2.43. The topological polar surface area (TPSA) is 28.7 Å². The highest BCUT2D eigenvalue weighted by molar-refractivity contribution is 8.02. The molecule has 0 amide bonds. The third kappa shape index (κ3) is 3.03. The van der Waals surface area contributed by atoms with Crippen molar-refractivity contribution in [2.24, 2.45) is 0 Å². The molecule has 104 valence electrons. The molecule has 0 aliphatic carbocycles. The van der Waals surface area contributed by atoms with Crippen molar-refractivity contribution in [3.63, 3.8) is 0 Å². The van der Waals surface area contributed by atoms with Crippen LogP contribution in [0.15, 0.2) is 29.4 Å². The minimum Gasteiger partial charge on any atom is -0.192 e. The molecule has 0 spiro atoms. The number of nitrogens with zero attached hydrogens (tertiary/aromatic N) is 2. The molecular formula is C12H5Cl4FN2S. The van der Waals surface area contributed by atoms with E-state index in [1.165, 1.54) is 0 Å². The highest BCUT2D eigenvalue weighted by Gasteiger charge is 2.22. The third-order valence-electron chi connectivity index (χ3n) is 2.46. The monoisotopic (exact) mass is 368 g/mol. The zero-order chi connectivity index (χ0) is 14.9. The van der Waals surface area contributed by atoms with E-state index in [0.717, 1.165) is 18.0 Å². The fraction of sp³-hybridized carbons (Fsp3) is 0.0833. The Morgan fingerprint density at radius 2 is 2.00 bits per heavy atom. The van der Waals surface area contributed by atoms with Gasteiger partial charge in [-0.2, -0.15) is 10.1 Å². The van der Waals surface area contributed by atoms with E-state index in [9.17, 15) is 4.48 Å². The molecule has 0 bridgehead atoms. The van der Waals surface area contributed by atoms with E-state index in [1.54, 1.807) is 18.2 Å². The molecule has 2 aromatic rings. The molecule has 0 fully saturated rings. The summed E-state index contributed by atoms with van der Waals surface area (Å²) < 4.78 is 13.0. The second-order valence-corrected chi connectivity index (χ2v) is 7.12. The molecule has 1 heterocycles. The lowest BCUT2D eigenvalue weighted by Gasteiger charge is -2.09. The number of aromatic nitrogens is 1. The summed E-state index contributed by atoms with van der Waals surface area (Å²) in [5.74, 6) is 0. The molecule has 0 atom stereocenters. The van der Waals surface area contributed by atoms with Gasteiger partial charge in [0.15, 0.2) is 4.17 Å². The van der Waals surface area contributed by atoms with Gasteiger partial charge in [-0.3, -0.25) is 0 Å². The van der Waals surface area contributed by atoms with Gasteiger partial charge < -0.3 is 0 Å². The number of halogens is 5. The Hall–Kier alpha value is -0.570. The van der Waals surface area contributed by atoms with Crippen LogP contribution < -0.4 is 0 Å². The molecule has 0 saturated carbocycles. The summed E-state index contributed by atoms with van der Waals surface area (Å²) in [5, 5.41) is 9.77. The van der Waals surface area contributed by atoms with Crippen LogP contribution in [0.25, 0.3) is 11.1 Å². The average Bonchev–Trinajstić information content (AvgIpc) is 2.69. The molecule has 0 aliphatic rings. The molecule has 0 N–H and O–H groups in total. The van der Waals surface area contributed by atoms with E-state index < -0.39 is 4.17 Å². The predicted molar refractivity (Wildman–Crippen MR) is 82.5 cm³/mol. The SMILES string of the molecule is N#Cc1cn(F)c(SC(Cl)Cl)c1-c1cccc(Cl)c1Cl. The summed E-state index contributed by atoms with van der Waals surface area (Å²) in [4.78, 5) is 0.299. The predicted octanol–water partition coefficient (Wildman–Crippen LogP) is 5.92. The summed E-state index contributed by atoms with van der Waals surface area (Å²) in [5.41, 5.74) is 0.885. The minimum absolute atomic E-state index is 0.0979. The minimum atomic E-state index is -0.886. The van der Waals surface area contributed by atoms with Crippen LogP contribution in [-0.2, 0) is 0 Å². The summed E-state index contributed by atoms with van der Waals surface area (Å²) in [6, 6.07) is 6.82. The fourth-order valence-corrected chi connectivity index (χ4v) is 3.26. The van der Waals surface area contributed by atoms with Gasteiger partial charge in [0.1, 0.15) is 11.1 Å². The molecule has 0 saturated heterocycles. The maximum absolute atomic E-state index is 13.9. The Kier molecular flexibility index (Phi) is 5.11. The molecule has 2 rings (SSSR count). The molecule has 0 radical (unpaired) electrons. The quantitative estimate of drug-likeness (QED) is 0.496. The van der Waals surface area contributed by atoms with Crippen molar-refractivity contribution < 1.29 is 4.48 Å². The van der Waals surface area contributed by atoms with Crippen LogP contribution in [0.5, 0.6) is 0 Å². The number of benzene rings is 1. The van der Waals surface area contributed by atoms with Crippen LogP contribution in [0.3, 0.4) is 0 Å². The lowest BCUT2D eigenvalue weighted by atomic mass is 10.1. The van der Waals surface area contributed by atoms with Gasteiger partial charge in [0.25, 0.3) is 0 Å². The Labute approximate surface area is 138 Å². The second kappa shape index (κ2) is 6.46. The van der Waals surface area contributed by atoms with Crippen LogP contribution in [-0.4, -0.2) is 8.96 Å². The van der Waals surface area contributed by atoms with Gasteiger partial charge >= 0.3 is 0 Å². The van der Waals surface area contributed by atoms with E-state index in [-0.39, 0.29) is 15.6 Å². The molecule has 0 aliphatic heterocycles. The first-order chi connectivity index (χ1) is 9.45. The van der Waals surface area contributed by atoms with Gasteiger partial charge in [-0.05, 0) is 6.07 Å². The van der Waals surface area contributed by atoms with Crippen molar-refractivity contribution >= 4 is 58.2 Å². The van der Waals surface area contributed by atoms with Crippen LogP contribution in [0, 0.1) is 11.3 Å². The molecular weight excluding hydrogens is 365 g/mol. The largest absolute Gasteiger partial charge is 0.192 e. The normalized spacial score (nSPS) is 10.8. The molecule has 20 heavy (non-hydrogen) atoms. The Morgan fingerprint density at radius 3 is 2.60 bits per heavy atom. The lowest BCUT2D eigenvalue weighted by molar-refractivity contribution is 0.339. The van der Waals surface area contributed by atoms with Crippen molar-refractivity contribution in [2.45, 2.75) is 9.19 Å². The molecule has 1 aromatic heterocycles. The number of thioether (sulfide) groups is 1. The van der Waals surface area contributed by atoms with Gasteiger partial charge in [-0.1, -0.05) is 74.8 Å². The molecule has 8 heteroatoms. The van der Waals surface area contributed by atoms with Gasteiger partial charge in [0.2, 0.25) is 0 Å². The molecule has 0 unspecified atom stereocenters. The number of nitriles is 1. The Balaban J connectivity index is 2.72. The number of alkyl halides is 2. The zero-order valence-corrected chi connectivity index (χ0v) is 13.4. The van der Waals surface area contributed by atoms with Gasteiger partial charge in [-0.15, -0.1) is 0 Å². The first-order valence-electron chi connectivity index (χ1n) is 5.16. The number of hydrogen-bond acceptors (Lipinski definition) is 2. The van der Waals surface area contributed by atoms with Crippen LogP contribution in [0.1, 0.15) is 5.56 Å². The van der Waals surface area contributed by atoms with Gasteiger partial charge in [0.05, 0.1) is 21.8 Å². The van der Waals surface area contributed by atoms with E-state index in [2.05, 4.69) is 0 Å². The van der Waals surface area contributed by atoms with Crippen molar-refractivity contribution in [2.75, 3.05) is 0 Å². The van der Waals surface area contributed by atoms with Crippen molar-refractivity contribution in [3.05, 3.63) is 40.0 Å². The van der Waals surface area contributed by atoms with Crippen molar-refractivity contribution in [1.82, 2.24) is 4.79 Å². The van der Waals surface area contributed by atoms with Crippen LogP contribution >= 0.6 is 58.2 Å².